The van der Waals surface area contributed by atoms with Crippen LogP contribution in [0.1, 0.15) is 30.2 Å². The molecule has 15 heavy (non-hydrogen) atoms. The summed E-state index contributed by atoms with van der Waals surface area (Å²) >= 11 is 3.13. The van der Waals surface area contributed by atoms with Gasteiger partial charge in [-0.05, 0) is 31.9 Å². The number of rotatable bonds is 1. The third kappa shape index (κ3) is 2.34. The van der Waals surface area contributed by atoms with Crippen LogP contribution in [0.3, 0.4) is 0 Å². The van der Waals surface area contributed by atoms with Gasteiger partial charge in [-0.2, -0.15) is 0 Å². The van der Waals surface area contributed by atoms with Gasteiger partial charge in [-0.15, -0.1) is 0 Å². The lowest BCUT2D eigenvalue weighted by Gasteiger charge is -2.41. The predicted octanol–water partition coefficient (Wildman–Crippen LogP) is 2.64. The zero-order chi connectivity index (χ0) is 21.3. The normalized spacial score (nSPS) is 56.7. The van der Waals surface area contributed by atoms with E-state index in [0.29, 0.717) is 4.47 Å². The van der Waals surface area contributed by atoms with E-state index in [1.807, 2.05) is 0 Å². The minimum Gasteiger partial charge on any atom is -0.364 e. The topological polar surface area (TPSA) is 15.3 Å². The van der Waals surface area contributed by atoms with Gasteiger partial charge in [0.25, 0.3) is 0 Å². The molecule has 0 saturated carbocycles. The van der Waals surface area contributed by atoms with Crippen molar-refractivity contribution in [2.24, 2.45) is 0 Å². The Hall–Kier alpha value is -0.540. The van der Waals surface area contributed by atoms with Crippen LogP contribution >= 0.6 is 15.9 Å². The predicted molar refractivity (Wildman–Crippen MR) is 68.4 cm³/mol. The van der Waals surface area contributed by atoms with Crippen LogP contribution in [-0.4, -0.2) is 25.0 Å². The van der Waals surface area contributed by atoms with E-state index in [4.69, 9.17) is 16.4 Å². The number of hydrogen-bond acceptors (Lipinski definition) is 2. The van der Waals surface area contributed by atoms with Crippen LogP contribution in [0.25, 0.3) is 0 Å². The Balaban J connectivity index is 2.99. The Labute approximate surface area is 117 Å². The van der Waals surface area contributed by atoms with Crippen LogP contribution in [0.15, 0.2) is 28.7 Å². The lowest BCUT2D eigenvalue weighted by Crippen LogP contribution is -2.55. The van der Waals surface area contributed by atoms with E-state index in [0.717, 1.165) is 0 Å². The van der Waals surface area contributed by atoms with Gasteiger partial charge >= 0.3 is 0 Å². The summed E-state index contributed by atoms with van der Waals surface area (Å²) in [7, 11) is 0. The summed E-state index contributed by atoms with van der Waals surface area (Å²) in [5, 5.41) is 1.66. The molecule has 1 fully saturated rings. The average Bonchev–Trinajstić information content (AvgIpc) is 2.42. The van der Waals surface area contributed by atoms with Crippen molar-refractivity contribution in [2.45, 2.75) is 25.7 Å². The Morgan fingerprint density at radius 2 is 2.27 bits per heavy atom. The molecule has 0 bridgehead atoms. The molecule has 2 unspecified atom stereocenters. The first kappa shape index (κ1) is 3.47. The SMILES string of the molecule is [2H]C([2H])([2H])C1([2H])N(c2cccc(Br)c2)C([2H])(C([2H])([2H])[2H])C([2H])([2H])NC1([2H])[2H]. The Bertz CT molecular complexity index is 694. The summed E-state index contributed by atoms with van der Waals surface area (Å²) in [5.74, 6) is 0. The maximum absolute atomic E-state index is 8.53. The summed E-state index contributed by atoms with van der Waals surface area (Å²) in [6, 6.07) is -1.34. The molecule has 1 saturated heterocycles. The van der Waals surface area contributed by atoms with Gasteiger partial charge in [-0.25, -0.2) is 0 Å². The molecule has 2 rings (SSSR count). The largest absolute Gasteiger partial charge is 0.364 e. The van der Waals surface area contributed by atoms with Crippen LogP contribution in [0.4, 0.5) is 5.69 Å². The molecule has 1 heterocycles. The zero-order valence-corrected chi connectivity index (χ0v) is 9.22. The molecule has 0 aliphatic carbocycles. The van der Waals surface area contributed by atoms with Crippen molar-refractivity contribution in [3.05, 3.63) is 28.7 Å². The number of nitrogens with zero attached hydrogens (tertiary/aromatic N) is 1. The van der Waals surface area contributed by atoms with E-state index >= 15 is 0 Å². The first-order valence-corrected chi connectivity index (χ1v) is 4.97. The van der Waals surface area contributed by atoms with Crippen molar-refractivity contribution in [3.63, 3.8) is 0 Å². The second-order valence-electron chi connectivity index (χ2n) is 2.89. The molecule has 1 N–H and O–H groups in total. The quantitative estimate of drug-likeness (QED) is 0.851. The second-order valence-corrected chi connectivity index (χ2v) is 3.80. The van der Waals surface area contributed by atoms with Gasteiger partial charge in [0.15, 0.2) is 0 Å². The Kier molecular flexibility index (Phi) is 1.05. The molecule has 1 aliphatic rings. The molecule has 1 aromatic carbocycles. The van der Waals surface area contributed by atoms with Crippen molar-refractivity contribution < 1.29 is 16.4 Å². The second kappa shape index (κ2) is 4.54. The number of nitrogens with one attached hydrogen (secondary N) is 1. The first-order chi connectivity index (χ1) is 11.8. The molecule has 2 nitrogen and oxygen atoms in total. The number of hydrogen-bond donors (Lipinski definition) is 1. The molecule has 82 valence electrons. The minimum absolute atomic E-state index is 0.210. The molecule has 0 radical (unpaired) electrons. The highest BCUT2D eigenvalue weighted by atomic mass is 79.9. The van der Waals surface area contributed by atoms with Crippen molar-refractivity contribution >= 4 is 21.6 Å². The monoisotopic (exact) mass is 280 g/mol. The number of piperazine rings is 1. The van der Waals surface area contributed by atoms with Gasteiger partial charge in [0.05, 0.1) is 2.74 Å². The Morgan fingerprint density at radius 3 is 2.87 bits per heavy atom. The standard InChI is InChI=1S/C12H17BrN2/c1-9-7-14-8-10(2)15(9)12-5-3-4-11(13)6-12/h3-6,9-10,14H,7-8H2,1-2H3/i1D3,2D3,7D2,8D2,9D,10D. The van der Waals surface area contributed by atoms with Crippen LogP contribution in [0.2, 0.25) is 0 Å². The summed E-state index contributed by atoms with van der Waals surface area (Å²) in [6.45, 7) is -13.4. The van der Waals surface area contributed by atoms with Crippen molar-refractivity contribution in [3.8, 4) is 0 Å². The van der Waals surface area contributed by atoms with Crippen LogP contribution < -0.4 is 10.2 Å². The van der Waals surface area contributed by atoms with Gasteiger partial charge in [0.2, 0.25) is 0 Å². The smallest absolute Gasteiger partial charge is 0.0540 e. The van der Waals surface area contributed by atoms with Crippen molar-refractivity contribution in [1.29, 1.82) is 0 Å². The van der Waals surface area contributed by atoms with Gasteiger partial charge in [0, 0.05) is 48.9 Å². The molecular formula is C12H17BrN2. The van der Waals surface area contributed by atoms with Gasteiger partial charge in [-0.1, -0.05) is 22.0 Å². The summed E-state index contributed by atoms with van der Waals surface area (Å²) in [4.78, 5) is 0.210. The number of anilines is 1. The first-order valence-electron chi connectivity index (χ1n) is 10.2. The lowest BCUT2D eigenvalue weighted by molar-refractivity contribution is 0.432. The fourth-order valence-electron chi connectivity index (χ4n) is 1.25. The van der Waals surface area contributed by atoms with Gasteiger partial charge in [-0.3, -0.25) is 0 Å². The fraction of sp³-hybridized carbons (Fsp3) is 0.500. The van der Waals surface area contributed by atoms with E-state index in [1.54, 1.807) is 5.32 Å². The summed E-state index contributed by atoms with van der Waals surface area (Å²) < 4.78 is 96.1. The molecule has 3 heteroatoms. The zero-order valence-electron chi connectivity index (χ0n) is 19.6. The lowest BCUT2D eigenvalue weighted by atomic mass is 10.1. The van der Waals surface area contributed by atoms with Crippen LogP contribution in [-0.2, 0) is 0 Å². The van der Waals surface area contributed by atoms with Gasteiger partial charge < -0.3 is 10.2 Å². The van der Waals surface area contributed by atoms with Crippen molar-refractivity contribution in [1.82, 2.24) is 5.32 Å². The van der Waals surface area contributed by atoms with E-state index in [-0.39, 0.29) is 10.6 Å². The third-order valence-corrected chi connectivity index (χ3v) is 2.37. The highest BCUT2D eigenvalue weighted by molar-refractivity contribution is 9.10. The van der Waals surface area contributed by atoms with Crippen molar-refractivity contribution in [2.75, 3.05) is 17.9 Å². The van der Waals surface area contributed by atoms with Crippen LogP contribution in [0, 0.1) is 0 Å². The highest BCUT2D eigenvalue weighted by Crippen LogP contribution is 2.24. The van der Waals surface area contributed by atoms with E-state index in [1.165, 1.54) is 24.3 Å². The molecule has 1 aliphatic heterocycles. The third-order valence-electron chi connectivity index (χ3n) is 1.88. The molecule has 0 aromatic heterocycles. The summed E-state index contributed by atoms with van der Waals surface area (Å²) in [6.07, 6.45) is 0. The molecule has 2 atom stereocenters. The maximum atomic E-state index is 8.53. The summed E-state index contributed by atoms with van der Waals surface area (Å²) in [5.41, 5.74) is -0.295. The van der Waals surface area contributed by atoms with E-state index in [9.17, 15) is 0 Å². The number of benzene rings is 1. The minimum atomic E-state index is -3.44. The van der Waals surface area contributed by atoms with E-state index < -0.39 is 38.7 Å². The molecule has 0 amide bonds. The molecule has 1 aromatic rings. The molecular weight excluding hydrogens is 252 g/mol. The van der Waals surface area contributed by atoms with E-state index in [2.05, 4.69) is 15.9 Å². The molecule has 0 spiro atoms. The number of halogens is 1. The van der Waals surface area contributed by atoms with Gasteiger partial charge in [0.1, 0.15) is 0 Å². The Morgan fingerprint density at radius 1 is 1.53 bits per heavy atom. The fourth-order valence-corrected chi connectivity index (χ4v) is 1.63. The highest BCUT2D eigenvalue weighted by Gasteiger charge is 2.24. The maximum Gasteiger partial charge on any atom is 0.0540 e. The van der Waals surface area contributed by atoms with Crippen LogP contribution in [0.5, 0.6) is 0 Å². The average molecular weight is 281 g/mol.